The van der Waals surface area contributed by atoms with Gasteiger partial charge in [0.05, 0.1) is 6.54 Å². The Morgan fingerprint density at radius 2 is 1.90 bits per heavy atom. The Hall–Kier alpha value is -2.92. The van der Waals surface area contributed by atoms with Crippen LogP contribution in [0, 0.1) is 13.8 Å². The fourth-order valence-corrected chi connectivity index (χ4v) is 3.39. The normalized spacial score (nSPS) is 13.6. The van der Waals surface area contributed by atoms with Crippen molar-refractivity contribution in [2.75, 3.05) is 0 Å². The quantitative estimate of drug-likeness (QED) is 0.621. The summed E-state index contributed by atoms with van der Waals surface area (Å²) in [7, 11) is 0. The van der Waals surface area contributed by atoms with Gasteiger partial charge in [-0.1, -0.05) is 54.1 Å². The number of amides is 1. The minimum atomic E-state index is -0.147. The van der Waals surface area contributed by atoms with Gasteiger partial charge in [-0.05, 0) is 43.4 Å². The van der Waals surface area contributed by atoms with Gasteiger partial charge in [-0.2, -0.15) is 0 Å². The van der Waals surface area contributed by atoms with Crippen LogP contribution in [0.15, 0.2) is 59.2 Å². The average Bonchev–Trinajstić information content (AvgIpc) is 3.40. The number of rotatable bonds is 8. The monoisotopic (exact) mass is 389 g/mol. The lowest BCUT2D eigenvalue weighted by atomic mass is 10.0. The molecule has 5 heteroatoms. The van der Waals surface area contributed by atoms with E-state index in [0.717, 1.165) is 25.9 Å². The summed E-state index contributed by atoms with van der Waals surface area (Å²) in [5, 5.41) is 2.96. The van der Waals surface area contributed by atoms with E-state index in [-0.39, 0.29) is 5.91 Å². The minimum Gasteiger partial charge on any atom is -0.447 e. The third-order valence-corrected chi connectivity index (χ3v) is 5.20. The first-order valence-corrected chi connectivity index (χ1v) is 10.1. The molecule has 5 nitrogen and oxygen atoms in total. The Bertz CT molecular complexity index is 977. The number of carbonyl (C=O) groups is 1. The summed E-state index contributed by atoms with van der Waals surface area (Å²) in [5.41, 5.74) is 5.40. The molecular formula is C24H27N3O2. The van der Waals surface area contributed by atoms with Crippen LogP contribution < -0.4 is 5.32 Å². The SMILES string of the molecule is Cc1ccc(C)c(CN(Cc2ccccc2)Cc2nc(C(=O)NC3CC3)co2)c1. The molecule has 0 saturated heterocycles. The molecule has 0 unspecified atom stereocenters. The molecule has 1 aliphatic carbocycles. The summed E-state index contributed by atoms with van der Waals surface area (Å²) >= 11 is 0. The third kappa shape index (κ3) is 5.33. The van der Waals surface area contributed by atoms with Crippen LogP contribution in [0.1, 0.15) is 51.5 Å². The number of nitrogens with zero attached hydrogens (tertiary/aromatic N) is 2. The van der Waals surface area contributed by atoms with Crippen molar-refractivity contribution in [1.82, 2.24) is 15.2 Å². The highest BCUT2D eigenvalue weighted by Gasteiger charge is 2.25. The number of aromatic nitrogens is 1. The van der Waals surface area contributed by atoms with Crippen molar-refractivity contribution < 1.29 is 9.21 Å². The fraction of sp³-hybridized carbons (Fsp3) is 0.333. The maximum absolute atomic E-state index is 12.2. The van der Waals surface area contributed by atoms with Crippen LogP contribution in [0.4, 0.5) is 0 Å². The predicted octanol–water partition coefficient (Wildman–Crippen LogP) is 4.39. The highest BCUT2D eigenvalue weighted by Crippen LogP contribution is 2.20. The van der Waals surface area contributed by atoms with Crippen LogP contribution in [0.2, 0.25) is 0 Å². The number of hydrogen-bond acceptors (Lipinski definition) is 4. The van der Waals surface area contributed by atoms with Gasteiger partial charge in [0.1, 0.15) is 6.26 Å². The molecule has 0 bridgehead atoms. The van der Waals surface area contributed by atoms with E-state index in [0.29, 0.717) is 24.2 Å². The van der Waals surface area contributed by atoms with Crippen molar-refractivity contribution in [2.24, 2.45) is 0 Å². The summed E-state index contributed by atoms with van der Waals surface area (Å²) in [4.78, 5) is 18.9. The zero-order valence-corrected chi connectivity index (χ0v) is 17.0. The lowest BCUT2D eigenvalue weighted by Gasteiger charge is -2.22. The Morgan fingerprint density at radius 1 is 1.10 bits per heavy atom. The smallest absolute Gasteiger partial charge is 0.273 e. The van der Waals surface area contributed by atoms with Gasteiger partial charge < -0.3 is 9.73 Å². The topological polar surface area (TPSA) is 58.4 Å². The highest BCUT2D eigenvalue weighted by atomic mass is 16.3. The second kappa shape index (κ2) is 8.62. The summed E-state index contributed by atoms with van der Waals surface area (Å²) < 4.78 is 5.63. The number of aryl methyl sites for hydroxylation is 2. The van der Waals surface area contributed by atoms with E-state index in [1.165, 1.54) is 28.5 Å². The first-order chi connectivity index (χ1) is 14.1. The van der Waals surface area contributed by atoms with E-state index in [9.17, 15) is 4.79 Å². The second-order valence-electron chi connectivity index (χ2n) is 7.93. The summed E-state index contributed by atoms with van der Waals surface area (Å²) in [5.74, 6) is 0.416. The molecule has 1 fully saturated rings. The number of benzene rings is 2. The minimum absolute atomic E-state index is 0.147. The van der Waals surface area contributed by atoms with E-state index in [4.69, 9.17) is 4.42 Å². The third-order valence-electron chi connectivity index (χ3n) is 5.20. The number of carbonyl (C=O) groups excluding carboxylic acids is 1. The van der Waals surface area contributed by atoms with Crippen LogP contribution in [0.5, 0.6) is 0 Å². The molecule has 1 heterocycles. The van der Waals surface area contributed by atoms with Crippen molar-refractivity contribution in [3.63, 3.8) is 0 Å². The Morgan fingerprint density at radius 3 is 2.66 bits per heavy atom. The first kappa shape index (κ1) is 19.4. The van der Waals surface area contributed by atoms with E-state index in [2.05, 4.69) is 71.5 Å². The molecule has 29 heavy (non-hydrogen) atoms. The summed E-state index contributed by atoms with van der Waals surface area (Å²) in [6, 6.07) is 17.2. The van der Waals surface area contributed by atoms with Gasteiger partial charge in [0.25, 0.3) is 5.91 Å². The molecule has 1 N–H and O–H groups in total. The lowest BCUT2D eigenvalue weighted by molar-refractivity contribution is 0.0946. The maximum atomic E-state index is 12.2. The van der Waals surface area contributed by atoms with Crippen LogP contribution in [-0.2, 0) is 19.6 Å². The lowest BCUT2D eigenvalue weighted by Crippen LogP contribution is -2.26. The van der Waals surface area contributed by atoms with Crippen LogP contribution in [0.3, 0.4) is 0 Å². The van der Waals surface area contributed by atoms with Gasteiger partial charge in [-0.25, -0.2) is 4.98 Å². The Balaban J connectivity index is 1.51. The van der Waals surface area contributed by atoms with Gasteiger partial charge in [0.15, 0.2) is 5.69 Å². The van der Waals surface area contributed by atoms with E-state index in [1.807, 2.05) is 6.07 Å². The van der Waals surface area contributed by atoms with Gasteiger partial charge >= 0.3 is 0 Å². The van der Waals surface area contributed by atoms with Crippen LogP contribution in [-0.4, -0.2) is 21.8 Å². The van der Waals surface area contributed by atoms with Crippen molar-refractivity contribution in [3.8, 4) is 0 Å². The fourth-order valence-electron chi connectivity index (χ4n) is 3.39. The van der Waals surface area contributed by atoms with Crippen LogP contribution >= 0.6 is 0 Å². The summed E-state index contributed by atoms with van der Waals surface area (Å²) in [6.07, 6.45) is 3.57. The molecule has 0 aliphatic heterocycles. The number of hydrogen-bond donors (Lipinski definition) is 1. The second-order valence-corrected chi connectivity index (χ2v) is 7.93. The Kier molecular flexibility index (Phi) is 5.76. The van der Waals surface area contributed by atoms with E-state index in [1.54, 1.807) is 0 Å². The van der Waals surface area contributed by atoms with Gasteiger partial charge in [-0.3, -0.25) is 9.69 Å². The van der Waals surface area contributed by atoms with Gasteiger partial charge in [-0.15, -0.1) is 0 Å². The van der Waals surface area contributed by atoms with E-state index < -0.39 is 0 Å². The average molecular weight is 389 g/mol. The van der Waals surface area contributed by atoms with Gasteiger partial charge in [0.2, 0.25) is 5.89 Å². The van der Waals surface area contributed by atoms with Gasteiger partial charge in [0, 0.05) is 19.1 Å². The zero-order valence-electron chi connectivity index (χ0n) is 17.0. The van der Waals surface area contributed by atoms with E-state index >= 15 is 0 Å². The first-order valence-electron chi connectivity index (χ1n) is 10.1. The predicted molar refractivity (Wildman–Crippen MR) is 112 cm³/mol. The Labute approximate surface area is 171 Å². The molecule has 2 aromatic carbocycles. The molecule has 150 valence electrons. The number of oxazole rings is 1. The molecule has 4 rings (SSSR count). The molecule has 3 aromatic rings. The molecule has 1 saturated carbocycles. The van der Waals surface area contributed by atoms with Crippen molar-refractivity contribution >= 4 is 5.91 Å². The number of nitrogens with one attached hydrogen (secondary N) is 1. The molecular weight excluding hydrogens is 362 g/mol. The maximum Gasteiger partial charge on any atom is 0.273 e. The molecule has 0 spiro atoms. The largest absolute Gasteiger partial charge is 0.447 e. The van der Waals surface area contributed by atoms with Crippen molar-refractivity contribution in [2.45, 2.75) is 52.4 Å². The summed E-state index contributed by atoms with van der Waals surface area (Å²) in [6.45, 7) is 6.36. The van der Waals surface area contributed by atoms with Crippen molar-refractivity contribution in [3.05, 3.63) is 88.6 Å². The zero-order chi connectivity index (χ0) is 20.2. The van der Waals surface area contributed by atoms with Crippen molar-refractivity contribution in [1.29, 1.82) is 0 Å². The molecule has 1 amide bonds. The molecule has 0 radical (unpaired) electrons. The molecule has 1 aromatic heterocycles. The molecule has 0 atom stereocenters. The van der Waals surface area contributed by atoms with Crippen LogP contribution in [0.25, 0.3) is 0 Å². The molecule has 1 aliphatic rings. The standard InChI is InChI=1S/C24H27N3O2/c1-17-8-9-18(2)20(12-17)14-27(13-19-6-4-3-5-7-19)15-23-26-22(16-29-23)24(28)25-21-10-11-21/h3-9,12,16,21H,10-11,13-15H2,1-2H3,(H,25,28). The highest BCUT2D eigenvalue weighted by molar-refractivity contribution is 5.92.